The van der Waals surface area contributed by atoms with Gasteiger partial charge < -0.3 is 9.47 Å². The van der Waals surface area contributed by atoms with Crippen molar-refractivity contribution in [1.82, 2.24) is 19.2 Å². The minimum atomic E-state index is 0.217. The van der Waals surface area contributed by atoms with E-state index in [9.17, 15) is 0 Å². The Balaban J connectivity index is 1.63. The Hall–Kier alpha value is -2.64. The second-order valence-electron chi connectivity index (χ2n) is 8.18. The number of likely N-dealkylation sites (tertiary alicyclic amines) is 1. The molecule has 0 amide bonds. The maximum atomic E-state index is 5.86. The van der Waals surface area contributed by atoms with Gasteiger partial charge in [-0.1, -0.05) is 12.1 Å². The van der Waals surface area contributed by atoms with Crippen LogP contribution in [0.3, 0.4) is 0 Å². The third-order valence-electron chi connectivity index (χ3n) is 5.91. The highest BCUT2D eigenvalue weighted by Gasteiger charge is 2.27. The van der Waals surface area contributed by atoms with Gasteiger partial charge in [0.2, 0.25) is 0 Å². The molecule has 1 atom stereocenters. The van der Waals surface area contributed by atoms with E-state index in [1.165, 1.54) is 12.0 Å². The smallest absolute Gasteiger partial charge is 0.199 e. The molecule has 0 radical (unpaired) electrons. The third-order valence-corrected chi connectivity index (χ3v) is 6.32. The molecule has 164 valence electrons. The van der Waals surface area contributed by atoms with Crippen LogP contribution in [-0.2, 0) is 6.67 Å². The van der Waals surface area contributed by atoms with Crippen molar-refractivity contribution in [1.29, 1.82) is 0 Å². The van der Waals surface area contributed by atoms with E-state index in [1.807, 2.05) is 41.1 Å². The largest absolute Gasteiger partial charge is 0.497 e. The van der Waals surface area contributed by atoms with Crippen LogP contribution >= 0.6 is 12.2 Å². The van der Waals surface area contributed by atoms with Gasteiger partial charge in [0.1, 0.15) is 11.5 Å². The zero-order valence-corrected chi connectivity index (χ0v) is 19.4. The summed E-state index contributed by atoms with van der Waals surface area (Å²) in [4.78, 5) is 2.47. The van der Waals surface area contributed by atoms with Crippen LogP contribution in [0, 0.1) is 4.77 Å². The van der Waals surface area contributed by atoms with Crippen LogP contribution in [0.2, 0.25) is 0 Å². The summed E-state index contributed by atoms with van der Waals surface area (Å²) < 4.78 is 15.5. The van der Waals surface area contributed by atoms with Gasteiger partial charge in [-0.3, -0.25) is 9.47 Å². The number of ether oxygens (including phenoxy) is 2. The summed E-state index contributed by atoms with van der Waals surface area (Å²) in [5.74, 6) is 2.61. The molecular weight excluding hydrogens is 408 g/mol. The van der Waals surface area contributed by atoms with Gasteiger partial charge in [-0.25, -0.2) is 4.68 Å². The van der Waals surface area contributed by atoms with Crippen LogP contribution in [-0.4, -0.2) is 40.0 Å². The molecule has 0 spiro atoms. The number of aromatic nitrogens is 3. The lowest BCUT2D eigenvalue weighted by molar-refractivity contribution is 0.189. The lowest BCUT2D eigenvalue weighted by atomic mass is 10.0. The monoisotopic (exact) mass is 438 g/mol. The number of hydrogen-bond acceptors (Lipinski definition) is 5. The number of benzene rings is 2. The van der Waals surface area contributed by atoms with Gasteiger partial charge in [0, 0.05) is 24.2 Å². The van der Waals surface area contributed by atoms with Crippen molar-refractivity contribution >= 4 is 12.2 Å². The van der Waals surface area contributed by atoms with E-state index in [0.717, 1.165) is 40.6 Å². The van der Waals surface area contributed by atoms with E-state index >= 15 is 0 Å². The van der Waals surface area contributed by atoms with E-state index < -0.39 is 0 Å². The van der Waals surface area contributed by atoms with Crippen molar-refractivity contribution in [2.75, 3.05) is 20.8 Å². The topological polar surface area (TPSA) is 44.4 Å². The Bertz CT molecular complexity index is 1070. The average molecular weight is 439 g/mol. The lowest BCUT2D eigenvalue weighted by Crippen LogP contribution is -2.27. The van der Waals surface area contributed by atoms with Crippen molar-refractivity contribution in [2.45, 2.75) is 45.4 Å². The van der Waals surface area contributed by atoms with Crippen molar-refractivity contribution < 1.29 is 9.47 Å². The highest BCUT2D eigenvalue weighted by molar-refractivity contribution is 7.71. The number of rotatable bonds is 7. The summed E-state index contributed by atoms with van der Waals surface area (Å²) in [5.41, 5.74) is 2.34. The van der Waals surface area contributed by atoms with E-state index in [4.69, 9.17) is 26.8 Å². The zero-order chi connectivity index (χ0) is 22.0. The first-order chi connectivity index (χ1) is 15.0. The van der Waals surface area contributed by atoms with Crippen LogP contribution < -0.4 is 9.47 Å². The Morgan fingerprint density at radius 2 is 1.61 bits per heavy atom. The first-order valence-corrected chi connectivity index (χ1v) is 11.1. The van der Waals surface area contributed by atoms with E-state index in [0.29, 0.717) is 12.7 Å². The average Bonchev–Trinajstić information content (AvgIpc) is 3.38. The summed E-state index contributed by atoms with van der Waals surface area (Å²) in [5, 5.41) is 4.95. The normalized spacial score (nSPS) is 16.7. The molecule has 1 unspecified atom stereocenters. The molecule has 0 saturated carbocycles. The first kappa shape index (κ1) is 21.6. The van der Waals surface area contributed by atoms with Gasteiger partial charge >= 0.3 is 0 Å². The Labute approximate surface area is 189 Å². The molecular formula is C24H30N4O2S. The molecule has 4 rings (SSSR count). The predicted molar refractivity (Wildman–Crippen MR) is 125 cm³/mol. The van der Waals surface area contributed by atoms with Gasteiger partial charge in [0.15, 0.2) is 10.6 Å². The summed E-state index contributed by atoms with van der Waals surface area (Å²) in [6.45, 7) is 6.00. The lowest BCUT2D eigenvalue weighted by Gasteiger charge is -2.24. The minimum absolute atomic E-state index is 0.217. The molecule has 1 aliphatic heterocycles. The Morgan fingerprint density at radius 3 is 2.19 bits per heavy atom. The molecule has 2 aromatic carbocycles. The maximum Gasteiger partial charge on any atom is 0.199 e. The van der Waals surface area contributed by atoms with Crippen molar-refractivity contribution in [3.63, 3.8) is 0 Å². The molecule has 1 aromatic heterocycles. The summed E-state index contributed by atoms with van der Waals surface area (Å²) >= 11 is 5.86. The summed E-state index contributed by atoms with van der Waals surface area (Å²) in [7, 11) is 3.37. The Morgan fingerprint density at radius 1 is 1.00 bits per heavy atom. The van der Waals surface area contributed by atoms with Gasteiger partial charge in [-0.2, -0.15) is 5.10 Å². The van der Waals surface area contributed by atoms with Crippen LogP contribution in [0.5, 0.6) is 11.5 Å². The molecule has 0 aliphatic carbocycles. The molecule has 0 N–H and O–H groups in total. The predicted octanol–water partition coefficient (Wildman–Crippen LogP) is 5.47. The van der Waals surface area contributed by atoms with E-state index in [2.05, 4.69) is 35.4 Å². The van der Waals surface area contributed by atoms with Crippen LogP contribution in [0.1, 0.15) is 44.3 Å². The molecule has 6 nitrogen and oxygen atoms in total. The minimum Gasteiger partial charge on any atom is -0.497 e. The van der Waals surface area contributed by atoms with Crippen molar-refractivity contribution in [3.8, 4) is 22.9 Å². The van der Waals surface area contributed by atoms with Gasteiger partial charge in [0.25, 0.3) is 0 Å². The molecule has 7 heteroatoms. The van der Waals surface area contributed by atoms with Crippen LogP contribution in [0.4, 0.5) is 0 Å². The Kier molecular flexibility index (Phi) is 6.43. The fourth-order valence-electron chi connectivity index (χ4n) is 4.29. The summed E-state index contributed by atoms with van der Waals surface area (Å²) in [6, 6.07) is 17.0. The molecule has 1 fully saturated rings. The molecule has 1 aliphatic rings. The van der Waals surface area contributed by atoms with Crippen LogP contribution in [0.15, 0.2) is 48.5 Å². The molecule has 3 aromatic rings. The zero-order valence-electron chi connectivity index (χ0n) is 18.6. The van der Waals surface area contributed by atoms with Crippen LogP contribution in [0.25, 0.3) is 11.4 Å². The molecule has 0 bridgehead atoms. The summed E-state index contributed by atoms with van der Waals surface area (Å²) in [6.07, 6.45) is 2.30. The SMILES string of the molecule is COc1ccc(-c2nn(CN3CCCC3c3ccc(OC)cc3)c(=S)n2C(C)C)cc1. The van der Waals surface area contributed by atoms with E-state index in [-0.39, 0.29) is 6.04 Å². The third kappa shape index (κ3) is 4.38. The van der Waals surface area contributed by atoms with Crippen molar-refractivity contribution in [2.24, 2.45) is 0 Å². The number of methoxy groups -OCH3 is 2. The maximum absolute atomic E-state index is 5.86. The quantitative estimate of drug-likeness (QED) is 0.458. The first-order valence-electron chi connectivity index (χ1n) is 10.7. The number of hydrogen-bond donors (Lipinski definition) is 0. The van der Waals surface area contributed by atoms with Gasteiger partial charge in [-0.05, 0) is 80.9 Å². The van der Waals surface area contributed by atoms with Gasteiger partial charge in [-0.15, -0.1) is 0 Å². The molecule has 1 saturated heterocycles. The highest BCUT2D eigenvalue weighted by Crippen LogP contribution is 2.33. The second-order valence-corrected chi connectivity index (χ2v) is 8.55. The highest BCUT2D eigenvalue weighted by atomic mass is 32.1. The fourth-order valence-corrected chi connectivity index (χ4v) is 4.68. The molecule has 2 heterocycles. The van der Waals surface area contributed by atoms with E-state index in [1.54, 1.807) is 14.2 Å². The number of nitrogens with zero attached hydrogens (tertiary/aromatic N) is 4. The van der Waals surface area contributed by atoms with Crippen molar-refractivity contribution in [3.05, 3.63) is 58.9 Å². The standard InChI is InChI=1S/C24H30N4O2S/c1-17(2)28-23(19-9-13-21(30-4)14-10-19)25-27(24(28)31)16-26-15-5-6-22(26)18-7-11-20(29-3)12-8-18/h7-14,17,22H,5-6,15-16H2,1-4H3. The fraction of sp³-hybridized carbons (Fsp3) is 0.417. The molecule has 31 heavy (non-hydrogen) atoms. The second kappa shape index (κ2) is 9.24. The van der Waals surface area contributed by atoms with Gasteiger partial charge in [0.05, 0.1) is 20.9 Å².